The highest BCUT2D eigenvalue weighted by atomic mass is 19.4. The van der Waals surface area contributed by atoms with Crippen LogP contribution >= 0.6 is 0 Å². The molecule has 4 nitrogen and oxygen atoms in total. The molecule has 1 heterocycles. The molecule has 0 fully saturated rings. The molecular weight excluding hydrogens is 275 g/mol. The van der Waals surface area contributed by atoms with E-state index in [1.54, 1.807) is 6.92 Å². The van der Waals surface area contributed by atoms with Crippen molar-refractivity contribution in [2.24, 2.45) is 11.1 Å². The van der Waals surface area contributed by atoms with Gasteiger partial charge in [0.05, 0.1) is 24.3 Å². The number of rotatable bonds is 2. The lowest BCUT2D eigenvalue weighted by Crippen LogP contribution is -2.30. The Morgan fingerprint density at radius 2 is 1.90 bits per heavy atom. The Kier molecular flexibility index (Phi) is 3.69. The lowest BCUT2D eigenvalue weighted by Gasteiger charge is -2.12. The van der Waals surface area contributed by atoms with Crippen molar-refractivity contribution in [3.63, 3.8) is 0 Å². The summed E-state index contributed by atoms with van der Waals surface area (Å²) in [6.07, 6.45) is -5.25. The molecule has 1 aliphatic rings. The zero-order valence-corrected chi connectivity index (χ0v) is 10.8. The van der Waals surface area contributed by atoms with Gasteiger partial charge in [-0.25, -0.2) is 4.79 Å². The van der Waals surface area contributed by atoms with Gasteiger partial charge in [-0.3, -0.25) is 0 Å². The highest BCUT2D eigenvalue weighted by Crippen LogP contribution is 2.30. The first-order valence-corrected chi connectivity index (χ1v) is 5.83. The molecule has 0 aromatic heterocycles. The van der Waals surface area contributed by atoms with Gasteiger partial charge in [0, 0.05) is 0 Å². The molecule has 0 unspecified atom stereocenters. The van der Waals surface area contributed by atoms with Gasteiger partial charge >= 0.3 is 12.1 Å². The number of benzene rings is 1. The van der Waals surface area contributed by atoms with Crippen molar-refractivity contribution in [2.45, 2.75) is 19.2 Å². The monoisotopic (exact) mass is 287 g/mol. The molecule has 1 aliphatic heterocycles. The number of esters is 1. The largest absolute Gasteiger partial charge is 0.466 e. The molecule has 108 valence electrons. The van der Waals surface area contributed by atoms with Crippen LogP contribution in [-0.2, 0) is 20.5 Å². The molecule has 0 spiro atoms. The van der Waals surface area contributed by atoms with Crippen LogP contribution in [0, 0.1) is 5.92 Å². The van der Waals surface area contributed by atoms with Gasteiger partial charge in [-0.2, -0.15) is 13.2 Å². The van der Waals surface area contributed by atoms with Crippen LogP contribution in [0.4, 0.5) is 13.2 Å². The SMILES string of the molecule is COC(=O)[C@@H]1ON=C(c2ccc(C(F)(F)F)cc2)[C@H]1C. The van der Waals surface area contributed by atoms with E-state index in [0.717, 1.165) is 12.1 Å². The Balaban J connectivity index is 2.19. The van der Waals surface area contributed by atoms with Crippen LogP contribution in [0.25, 0.3) is 0 Å². The molecule has 7 heteroatoms. The fraction of sp³-hybridized carbons (Fsp3) is 0.385. The second-order valence-electron chi connectivity index (χ2n) is 4.39. The number of hydrogen-bond acceptors (Lipinski definition) is 4. The molecule has 0 saturated heterocycles. The maximum atomic E-state index is 12.5. The smallest absolute Gasteiger partial charge is 0.416 e. The molecule has 0 saturated carbocycles. The lowest BCUT2D eigenvalue weighted by atomic mass is 9.93. The number of halogens is 3. The van der Waals surface area contributed by atoms with Gasteiger partial charge in [0.1, 0.15) is 0 Å². The van der Waals surface area contributed by atoms with Gasteiger partial charge in [-0.1, -0.05) is 24.2 Å². The molecule has 0 N–H and O–H groups in total. The summed E-state index contributed by atoms with van der Waals surface area (Å²) in [7, 11) is 1.23. The normalized spacial score (nSPS) is 22.1. The van der Waals surface area contributed by atoms with E-state index in [0.29, 0.717) is 11.3 Å². The van der Waals surface area contributed by atoms with Crippen molar-refractivity contribution >= 4 is 11.7 Å². The highest BCUT2D eigenvalue weighted by molar-refractivity contribution is 6.05. The van der Waals surface area contributed by atoms with Crippen molar-refractivity contribution < 1.29 is 27.5 Å². The number of alkyl halides is 3. The number of oxime groups is 1. The van der Waals surface area contributed by atoms with E-state index in [-0.39, 0.29) is 5.92 Å². The van der Waals surface area contributed by atoms with E-state index < -0.39 is 23.8 Å². The molecule has 20 heavy (non-hydrogen) atoms. The summed E-state index contributed by atoms with van der Waals surface area (Å²) in [6, 6.07) is 4.55. The third-order valence-corrected chi connectivity index (χ3v) is 3.09. The van der Waals surface area contributed by atoms with Crippen LogP contribution in [0.5, 0.6) is 0 Å². The minimum absolute atomic E-state index is 0.390. The van der Waals surface area contributed by atoms with E-state index in [1.165, 1.54) is 19.2 Å². The van der Waals surface area contributed by atoms with Crippen molar-refractivity contribution in [3.8, 4) is 0 Å². The number of methoxy groups -OCH3 is 1. The average Bonchev–Trinajstić information content (AvgIpc) is 2.79. The van der Waals surface area contributed by atoms with E-state index in [2.05, 4.69) is 9.89 Å². The first kappa shape index (κ1) is 14.4. The van der Waals surface area contributed by atoms with E-state index in [1.807, 2.05) is 0 Å². The first-order valence-electron chi connectivity index (χ1n) is 5.83. The molecular formula is C13H12F3NO3. The molecule has 1 aromatic carbocycles. The molecule has 0 aliphatic carbocycles. The van der Waals surface area contributed by atoms with E-state index >= 15 is 0 Å². The highest BCUT2D eigenvalue weighted by Gasteiger charge is 2.38. The predicted octanol–water partition coefficient (Wildman–Crippen LogP) is 2.62. The molecule has 0 amide bonds. The minimum Gasteiger partial charge on any atom is -0.466 e. The third-order valence-electron chi connectivity index (χ3n) is 3.09. The van der Waals surface area contributed by atoms with Gasteiger partial charge in [0.25, 0.3) is 0 Å². The Bertz CT molecular complexity index is 537. The molecule has 2 rings (SSSR count). The Hall–Kier alpha value is -2.05. The summed E-state index contributed by atoms with van der Waals surface area (Å²) in [5.41, 5.74) is 0.170. The number of nitrogens with zero attached hydrogens (tertiary/aromatic N) is 1. The zero-order valence-electron chi connectivity index (χ0n) is 10.8. The Labute approximate surface area is 113 Å². The van der Waals surface area contributed by atoms with Crippen LogP contribution < -0.4 is 0 Å². The fourth-order valence-electron chi connectivity index (χ4n) is 1.94. The minimum atomic E-state index is -4.38. The summed E-state index contributed by atoms with van der Waals surface area (Å²) < 4.78 is 42.0. The van der Waals surface area contributed by atoms with Crippen LogP contribution in [0.2, 0.25) is 0 Å². The molecule has 0 bridgehead atoms. The van der Waals surface area contributed by atoms with Gasteiger partial charge in [-0.15, -0.1) is 0 Å². The number of hydrogen-bond donors (Lipinski definition) is 0. The van der Waals surface area contributed by atoms with Gasteiger partial charge in [-0.05, 0) is 17.7 Å². The predicted molar refractivity (Wildman–Crippen MR) is 64.0 cm³/mol. The van der Waals surface area contributed by atoms with Crippen LogP contribution in [0.15, 0.2) is 29.4 Å². The van der Waals surface area contributed by atoms with Crippen molar-refractivity contribution in [2.75, 3.05) is 7.11 Å². The van der Waals surface area contributed by atoms with E-state index in [4.69, 9.17) is 4.84 Å². The van der Waals surface area contributed by atoms with Crippen LogP contribution in [0.1, 0.15) is 18.1 Å². The second kappa shape index (κ2) is 5.15. The lowest BCUT2D eigenvalue weighted by molar-refractivity contribution is -0.154. The fourth-order valence-corrected chi connectivity index (χ4v) is 1.94. The summed E-state index contributed by atoms with van der Waals surface area (Å²) in [4.78, 5) is 16.4. The average molecular weight is 287 g/mol. The van der Waals surface area contributed by atoms with Gasteiger partial charge in [0.2, 0.25) is 6.10 Å². The summed E-state index contributed by atoms with van der Waals surface area (Å²) in [5.74, 6) is -0.956. The zero-order chi connectivity index (χ0) is 14.9. The Morgan fingerprint density at radius 1 is 1.30 bits per heavy atom. The first-order chi connectivity index (χ1) is 9.34. The number of carbonyl (C=O) groups excluding carboxylic acids is 1. The van der Waals surface area contributed by atoms with Gasteiger partial charge in [0.15, 0.2) is 0 Å². The second-order valence-corrected chi connectivity index (χ2v) is 4.39. The van der Waals surface area contributed by atoms with Crippen molar-refractivity contribution in [3.05, 3.63) is 35.4 Å². The quantitative estimate of drug-likeness (QED) is 0.786. The van der Waals surface area contributed by atoms with Crippen LogP contribution in [0.3, 0.4) is 0 Å². The van der Waals surface area contributed by atoms with Crippen molar-refractivity contribution in [1.29, 1.82) is 0 Å². The topological polar surface area (TPSA) is 47.9 Å². The maximum Gasteiger partial charge on any atom is 0.416 e. The molecule has 1 aromatic rings. The molecule has 2 atom stereocenters. The van der Waals surface area contributed by atoms with Gasteiger partial charge < -0.3 is 9.57 Å². The number of carbonyl (C=O) groups is 1. The summed E-state index contributed by atoms with van der Waals surface area (Å²) in [6.45, 7) is 1.70. The van der Waals surface area contributed by atoms with Crippen molar-refractivity contribution in [1.82, 2.24) is 0 Å². The third kappa shape index (κ3) is 2.61. The van der Waals surface area contributed by atoms with E-state index in [9.17, 15) is 18.0 Å². The molecule has 0 radical (unpaired) electrons. The Morgan fingerprint density at radius 3 is 2.40 bits per heavy atom. The number of ether oxygens (including phenoxy) is 1. The van der Waals surface area contributed by atoms with Crippen LogP contribution in [-0.4, -0.2) is 24.9 Å². The summed E-state index contributed by atoms with van der Waals surface area (Å²) in [5, 5.41) is 3.76. The standard InChI is InChI=1S/C13H12F3NO3/c1-7-10(17-20-11(7)12(18)19-2)8-3-5-9(6-4-8)13(14,15)16/h3-7,11H,1-2H3/t7-,11-/m1/s1. The maximum absolute atomic E-state index is 12.5. The summed E-state index contributed by atoms with van der Waals surface area (Å²) >= 11 is 0.